The van der Waals surface area contributed by atoms with Gasteiger partial charge in [-0.05, 0) is 66.2 Å². The Bertz CT molecular complexity index is 1300. The second kappa shape index (κ2) is 10.3. The summed E-state index contributed by atoms with van der Waals surface area (Å²) in [5.41, 5.74) is 1.73. The Hall–Kier alpha value is -3.68. The quantitative estimate of drug-likeness (QED) is 0.473. The largest absolute Gasteiger partial charge is 0.449 e. The Morgan fingerprint density at radius 2 is 1.83 bits per heavy atom. The van der Waals surface area contributed by atoms with Gasteiger partial charge in [0.25, 0.3) is 5.91 Å². The van der Waals surface area contributed by atoms with E-state index in [9.17, 15) is 18.0 Å². The number of ether oxygens (including phenoxy) is 2. The third-order valence-corrected chi connectivity index (χ3v) is 7.45. The third-order valence-electron chi connectivity index (χ3n) is 5.41. The average Bonchev–Trinajstić information content (AvgIpc) is 3.41. The number of tetrazole rings is 1. The minimum atomic E-state index is -3.74. The van der Waals surface area contributed by atoms with E-state index in [1.807, 2.05) is 0 Å². The van der Waals surface area contributed by atoms with Crippen LogP contribution in [0.25, 0.3) is 5.69 Å². The zero-order valence-corrected chi connectivity index (χ0v) is 19.9. The van der Waals surface area contributed by atoms with Gasteiger partial charge in [-0.1, -0.05) is 6.07 Å². The maximum absolute atomic E-state index is 13.1. The summed E-state index contributed by atoms with van der Waals surface area (Å²) in [6.07, 6.45) is 0.296. The molecule has 2 aromatic carbocycles. The topological polar surface area (TPSA) is 146 Å². The first kappa shape index (κ1) is 24.4. The van der Waals surface area contributed by atoms with E-state index in [1.54, 1.807) is 31.2 Å². The van der Waals surface area contributed by atoms with Gasteiger partial charge in [0.1, 0.15) is 6.33 Å². The number of nitrogens with zero attached hydrogens (tertiary/aromatic N) is 5. The van der Waals surface area contributed by atoms with Crippen LogP contribution in [-0.2, 0) is 24.3 Å². The smallest absolute Gasteiger partial charge is 0.338 e. The summed E-state index contributed by atoms with van der Waals surface area (Å²) in [6, 6.07) is 11.0. The highest BCUT2D eigenvalue weighted by molar-refractivity contribution is 7.89. The van der Waals surface area contributed by atoms with E-state index in [2.05, 4.69) is 20.8 Å². The molecule has 1 atom stereocenters. The number of carbonyl (C=O) groups excluding carboxylic acids is 2. The van der Waals surface area contributed by atoms with E-state index in [0.29, 0.717) is 24.5 Å². The van der Waals surface area contributed by atoms with Crippen molar-refractivity contribution in [3.63, 3.8) is 0 Å². The Morgan fingerprint density at radius 3 is 2.49 bits per heavy atom. The average molecular weight is 501 g/mol. The van der Waals surface area contributed by atoms with E-state index in [-0.39, 0.29) is 29.2 Å². The zero-order valence-electron chi connectivity index (χ0n) is 19.1. The van der Waals surface area contributed by atoms with E-state index in [1.165, 1.54) is 40.4 Å². The lowest BCUT2D eigenvalue weighted by molar-refractivity contribution is -0.123. The van der Waals surface area contributed by atoms with Gasteiger partial charge in [0.15, 0.2) is 6.10 Å². The Kier molecular flexibility index (Phi) is 7.19. The highest BCUT2D eigenvalue weighted by Crippen LogP contribution is 2.24. The number of hydrogen-bond acceptors (Lipinski definition) is 9. The fourth-order valence-electron chi connectivity index (χ4n) is 3.44. The predicted molar refractivity (Wildman–Crippen MR) is 123 cm³/mol. The predicted octanol–water partition coefficient (Wildman–Crippen LogP) is 1.18. The van der Waals surface area contributed by atoms with E-state index in [0.717, 1.165) is 0 Å². The molecule has 0 bridgehead atoms. The molecule has 1 aliphatic heterocycles. The maximum atomic E-state index is 13.1. The molecule has 1 amide bonds. The number of amides is 1. The molecule has 0 radical (unpaired) electrons. The molecule has 3 aromatic rings. The lowest BCUT2D eigenvalue weighted by Gasteiger charge is -2.27. The maximum Gasteiger partial charge on any atom is 0.338 e. The van der Waals surface area contributed by atoms with Crippen LogP contribution in [0.3, 0.4) is 0 Å². The van der Waals surface area contributed by atoms with Crippen molar-refractivity contribution in [2.24, 2.45) is 0 Å². The Labute approximate surface area is 201 Å². The van der Waals surface area contributed by atoms with Crippen LogP contribution in [0.5, 0.6) is 0 Å². The number of carbonyl (C=O) groups is 2. The van der Waals surface area contributed by atoms with Crippen molar-refractivity contribution in [2.75, 3.05) is 31.6 Å². The number of morpholine rings is 1. The minimum absolute atomic E-state index is 0.101. The van der Waals surface area contributed by atoms with Crippen molar-refractivity contribution < 1.29 is 27.5 Å². The van der Waals surface area contributed by atoms with E-state index in [4.69, 9.17) is 9.47 Å². The summed E-state index contributed by atoms with van der Waals surface area (Å²) in [5.74, 6) is -1.28. The summed E-state index contributed by atoms with van der Waals surface area (Å²) < 4.78 is 39.4. The van der Waals surface area contributed by atoms with Gasteiger partial charge in [0.2, 0.25) is 10.0 Å². The molecule has 1 N–H and O–H groups in total. The summed E-state index contributed by atoms with van der Waals surface area (Å²) in [7, 11) is -3.74. The van der Waals surface area contributed by atoms with Crippen molar-refractivity contribution in [1.82, 2.24) is 24.5 Å². The molecule has 12 nitrogen and oxygen atoms in total. The second-order valence-electron chi connectivity index (χ2n) is 7.83. The van der Waals surface area contributed by atoms with Crippen molar-refractivity contribution in [3.8, 4) is 5.69 Å². The standard InChI is InChI=1S/C22H24N6O6S/c1-15-3-6-18(13-20(15)35(31,32)27-9-11-33-12-10-27)24-21(29)16(2)34-22(30)17-4-7-19(8-5-17)28-14-23-25-26-28/h3-8,13-14,16H,9-12H2,1-2H3,(H,24,29). The molecule has 0 spiro atoms. The Morgan fingerprint density at radius 1 is 1.11 bits per heavy atom. The molecular formula is C22H24N6O6S. The fourth-order valence-corrected chi connectivity index (χ4v) is 5.10. The molecule has 184 valence electrons. The number of sulfonamides is 1. The van der Waals surface area contributed by atoms with E-state index >= 15 is 0 Å². The molecule has 35 heavy (non-hydrogen) atoms. The monoisotopic (exact) mass is 500 g/mol. The molecule has 1 fully saturated rings. The van der Waals surface area contributed by atoms with Crippen molar-refractivity contribution in [1.29, 1.82) is 0 Å². The summed E-state index contributed by atoms with van der Waals surface area (Å²) >= 11 is 0. The minimum Gasteiger partial charge on any atom is -0.449 e. The van der Waals surface area contributed by atoms with Gasteiger partial charge in [-0.2, -0.15) is 4.31 Å². The van der Waals surface area contributed by atoms with Gasteiger partial charge in [-0.25, -0.2) is 17.9 Å². The summed E-state index contributed by atoms with van der Waals surface area (Å²) in [5, 5.41) is 13.5. The van der Waals surface area contributed by atoms with Gasteiger partial charge >= 0.3 is 5.97 Å². The van der Waals surface area contributed by atoms with Crippen LogP contribution in [-0.4, -0.2) is 77.2 Å². The van der Waals surface area contributed by atoms with Crippen LogP contribution in [0.1, 0.15) is 22.8 Å². The van der Waals surface area contributed by atoms with Crippen LogP contribution in [0.15, 0.2) is 53.7 Å². The number of benzene rings is 2. The van der Waals surface area contributed by atoms with Gasteiger partial charge in [0, 0.05) is 18.8 Å². The highest BCUT2D eigenvalue weighted by atomic mass is 32.2. The fraction of sp³-hybridized carbons (Fsp3) is 0.318. The van der Waals surface area contributed by atoms with Gasteiger partial charge in [-0.3, -0.25) is 4.79 Å². The number of rotatable bonds is 7. The van der Waals surface area contributed by atoms with Gasteiger partial charge in [0.05, 0.1) is 29.4 Å². The summed E-state index contributed by atoms with van der Waals surface area (Å²) in [6.45, 7) is 4.32. The van der Waals surface area contributed by atoms with Crippen molar-refractivity contribution in [2.45, 2.75) is 24.8 Å². The number of esters is 1. The normalized spacial score (nSPS) is 15.4. The molecule has 1 aliphatic rings. The number of aromatic nitrogens is 4. The number of nitrogens with one attached hydrogen (secondary N) is 1. The van der Waals surface area contributed by atoms with Gasteiger partial charge < -0.3 is 14.8 Å². The highest BCUT2D eigenvalue weighted by Gasteiger charge is 2.28. The lowest BCUT2D eigenvalue weighted by Crippen LogP contribution is -2.40. The molecule has 1 saturated heterocycles. The van der Waals surface area contributed by atoms with Crippen molar-refractivity contribution in [3.05, 3.63) is 59.9 Å². The van der Waals surface area contributed by atoms with E-state index < -0.39 is 28.0 Å². The molecular weight excluding hydrogens is 476 g/mol. The van der Waals surface area contributed by atoms with Crippen LogP contribution in [0, 0.1) is 6.92 Å². The van der Waals surface area contributed by atoms with Crippen LogP contribution in [0.4, 0.5) is 5.69 Å². The molecule has 1 aromatic heterocycles. The van der Waals surface area contributed by atoms with Crippen LogP contribution < -0.4 is 5.32 Å². The molecule has 13 heteroatoms. The second-order valence-corrected chi connectivity index (χ2v) is 9.74. The first-order valence-electron chi connectivity index (χ1n) is 10.8. The lowest BCUT2D eigenvalue weighted by atomic mass is 10.2. The third kappa shape index (κ3) is 5.53. The molecule has 2 heterocycles. The molecule has 0 saturated carbocycles. The molecule has 4 rings (SSSR count). The number of aryl methyl sites for hydroxylation is 1. The SMILES string of the molecule is Cc1ccc(NC(=O)C(C)OC(=O)c2ccc(-n3cnnn3)cc2)cc1S(=O)(=O)N1CCOCC1. The van der Waals surface area contributed by atoms with Crippen LogP contribution >= 0.6 is 0 Å². The van der Waals surface area contributed by atoms with Gasteiger partial charge in [-0.15, -0.1) is 5.10 Å². The number of hydrogen-bond donors (Lipinski definition) is 1. The first-order valence-corrected chi connectivity index (χ1v) is 12.2. The number of anilines is 1. The van der Waals surface area contributed by atoms with Crippen molar-refractivity contribution >= 4 is 27.6 Å². The van der Waals surface area contributed by atoms with Crippen LogP contribution in [0.2, 0.25) is 0 Å². The molecule has 1 unspecified atom stereocenters. The first-order chi connectivity index (χ1) is 16.8. The Balaban J connectivity index is 1.41. The summed E-state index contributed by atoms with van der Waals surface area (Å²) in [4.78, 5) is 25.2. The molecule has 0 aliphatic carbocycles. The zero-order chi connectivity index (χ0) is 25.0.